The Hall–Kier alpha value is -3.25. The Morgan fingerprint density at radius 1 is 1.30 bits per heavy atom. The van der Waals surface area contributed by atoms with E-state index in [4.69, 9.17) is 15.2 Å². The Morgan fingerprint density at radius 2 is 2.05 bits per heavy atom. The largest absolute Gasteiger partial charge is 0.390 e. The molecule has 13 nitrogen and oxygen atoms in total. The van der Waals surface area contributed by atoms with Gasteiger partial charge in [0, 0.05) is 50.5 Å². The minimum absolute atomic E-state index is 0.131. The number of aliphatic hydroxyl groups is 1. The van der Waals surface area contributed by atoms with Gasteiger partial charge in [-0.05, 0) is 31.7 Å². The zero-order valence-corrected chi connectivity index (χ0v) is 21.1. The van der Waals surface area contributed by atoms with Crippen molar-refractivity contribution in [1.29, 1.82) is 5.26 Å². The second-order valence-electron chi connectivity index (χ2n) is 10.6. The average molecular weight is 525 g/mol. The van der Waals surface area contributed by atoms with Crippen LogP contribution in [0.4, 0.5) is 17.6 Å². The van der Waals surface area contributed by atoms with Crippen LogP contribution in [0.3, 0.4) is 0 Å². The molecule has 0 amide bonds. The molecule has 0 saturated carbocycles. The number of nitrogens with zero attached hydrogens (tertiary/aromatic N) is 7. The van der Waals surface area contributed by atoms with Crippen LogP contribution in [0, 0.1) is 17.2 Å². The van der Waals surface area contributed by atoms with Crippen molar-refractivity contribution in [3.05, 3.63) is 24.0 Å². The SMILES string of the molecule is CN(c1nc(Nc2cc(CO)[nH]n2)c2cc[nH]c2n1)C1C[C@@H]2CC3(S(=O)(=O)N4CC(C#N)C4)C[C@H](C1)N23. The molecule has 4 aliphatic rings. The van der Waals surface area contributed by atoms with Crippen LogP contribution in [0.25, 0.3) is 11.0 Å². The molecule has 7 rings (SSSR count). The Balaban J connectivity index is 1.09. The van der Waals surface area contributed by atoms with E-state index in [-0.39, 0.29) is 30.7 Å². The van der Waals surface area contributed by atoms with Gasteiger partial charge in [-0.2, -0.15) is 24.6 Å². The standard InChI is InChI=1S/C23H28N10O3S/c1-31(22-27-20-18(2-3-25-20)21(28-22)26-19-4-14(12-34)29-30-19)15-5-16-7-23(8-17(6-15)33(16)23)37(35,36)32-10-13(9-24)11-32/h2-4,13,15-17,34H,5-8,10-12H2,1H3,(H3,25,26,27,28,29,30)/t15?,16-,17+,23?. The highest BCUT2D eigenvalue weighted by molar-refractivity contribution is 7.90. The van der Waals surface area contributed by atoms with Gasteiger partial charge in [0.25, 0.3) is 0 Å². The minimum Gasteiger partial charge on any atom is -0.390 e. The van der Waals surface area contributed by atoms with Crippen LogP contribution < -0.4 is 10.2 Å². The molecule has 4 saturated heterocycles. The van der Waals surface area contributed by atoms with Crippen LogP contribution in [0.15, 0.2) is 18.3 Å². The van der Waals surface area contributed by atoms with E-state index in [0.717, 1.165) is 18.2 Å². The van der Waals surface area contributed by atoms with Gasteiger partial charge in [0.2, 0.25) is 16.0 Å². The Morgan fingerprint density at radius 3 is 2.73 bits per heavy atom. The summed E-state index contributed by atoms with van der Waals surface area (Å²) in [5, 5.41) is 29.4. The van der Waals surface area contributed by atoms with Gasteiger partial charge in [-0.1, -0.05) is 0 Å². The van der Waals surface area contributed by atoms with Gasteiger partial charge in [0.1, 0.15) is 16.3 Å². The summed E-state index contributed by atoms with van der Waals surface area (Å²) >= 11 is 0. The predicted molar refractivity (Wildman–Crippen MR) is 134 cm³/mol. The summed E-state index contributed by atoms with van der Waals surface area (Å²) in [5.74, 6) is 1.56. The zero-order chi connectivity index (χ0) is 25.5. The highest BCUT2D eigenvalue weighted by atomic mass is 32.2. The predicted octanol–water partition coefficient (Wildman–Crippen LogP) is 0.844. The number of hydrogen-bond donors (Lipinski definition) is 4. The molecule has 4 aliphatic heterocycles. The Bertz CT molecular complexity index is 1500. The number of nitrogens with one attached hydrogen (secondary N) is 3. The van der Waals surface area contributed by atoms with Gasteiger partial charge >= 0.3 is 0 Å². The van der Waals surface area contributed by atoms with E-state index in [1.54, 1.807) is 6.07 Å². The van der Waals surface area contributed by atoms with Crippen molar-refractivity contribution in [2.75, 3.05) is 30.4 Å². The molecule has 7 heterocycles. The first-order valence-corrected chi connectivity index (χ1v) is 13.9. The molecule has 3 aromatic heterocycles. The first kappa shape index (κ1) is 22.9. The lowest BCUT2D eigenvalue weighted by atomic mass is 9.67. The fourth-order valence-corrected chi connectivity index (χ4v) is 9.28. The first-order valence-electron chi connectivity index (χ1n) is 12.5. The molecular weight excluding hydrogens is 496 g/mol. The zero-order valence-electron chi connectivity index (χ0n) is 20.3. The minimum atomic E-state index is -3.42. The highest BCUT2D eigenvalue weighted by Gasteiger charge is 2.73. The van der Waals surface area contributed by atoms with Gasteiger partial charge in [0.05, 0.1) is 29.7 Å². The molecule has 0 spiro atoms. The third-order valence-electron chi connectivity index (χ3n) is 8.62. The van der Waals surface area contributed by atoms with Crippen LogP contribution >= 0.6 is 0 Å². The van der Waals surface area contributed by atoms with Crippen LogP contribution in [0.1, 0.15) is 31.4 Å². The number of fused-ring (bicyclic) bond motifs is 1. The summed E-state index contributed by atoms with van der Waals surface area (Å²) in [6, 6.07) is 6.42. The molecule has 14 heteroatoms. The Labute approximate surface area is 213 Å². The van der Waals surface area contributed by atoms with E-state index in [1.165, 1.54) is 4.31 Å². The molecule has 37 heavy (non-hydrogen) atoms. The molecule has 3 aromatic rings. The first-order chi connectivity index (χ1) is 17.8. The van der Waals surface area contributed by atoms with Gasteiger partial charge < -0.3 is 20.3 Å². The second kappa shape index (κ2) is 7.87. The number of hydrogen-bond acceptors (Lipinski definition) is 10. The number of H-pyrrole nitrogens is 2. The number of nitriles is 1. The Kier molecular flexibility index (Phi) is 4.88. The number of rotatable bonds is 7. The van der Waals surface area contributed by atoms with Gasteiger partial charge in [0.15, 0.2) is 5.82 Å². The molecular formula is C23H28N10O3S. The lowest BCUT2D eigenvalue weighted by molar-refractivity contribution is -0.177. The van der Waals surface area contributed by atoms with E-state index >= 15 is 0 Å². The fraction of sp³-hybridized carbons (Fsp3) is 0.565. The number of aliphatic hydroxyl groups excluding tert-OH is 1. The molecule has 0 aromatic carbocycles. The fourth-order valence-electron chi connectivity index (χ4n) is 6.67. The van der Waals surface area contributed by atoms with Crippen molar-refractivity contribution in [1.82, 2.24) is 34.4 Å². The summed E-state index contributed by atoms with van der Waals surface area (Å²) in [6.45, 7) is 0.515. The van der Waals surface area contributed by atoms with Crippen molar-refractivity contribution in [3.8, 4) is 6.07 Å². The number of aromatic nitrogens is 5. The quantitative estimate of drug-likeness (QED) is 0.347. The highest BCUT2D eigenvalue weighted by Crippen LogP contribution is 2.60. The number of aromatic amines is 2. The average Bonchev–Trinajstić information content (AvgIpc) is 3.47. The molecule has 194 valence electrons. The normalized spacial score (nSPS) is 29.6. The number of sulfonamides is 1. The second-order valence-corrected chi connectivity index (χ2v) is 12.9. The molecule has 0 bridgehead atoms. The lowest BCUT2D eigenvalue weighted by Gasteiger charge is -2.73. The van der Waals surface area contributed by atoms with Crippen LogP contribution in [0.2, 0.25) is 0 Å². The maximum absolute atomic E-state index is 13.3. The summed E-state index contributed by atoms with van der Waals surface area (Å²) in [4.78, 5) is 16.3. The van der Waals surface area contributed by atoms with Crippen LogP contribution in [0.5, 0.6) is 0 Å². The summed E-state index contributed by atoms with van der Waals surface area (Å²) < 4.78 is 28.2. The number of piperidine rings is 2. The van der Waals surface area contributed by atoms with E-state index in [1.807, 2.05) is 19.3 Å². The topological polar surface area (TPSA) is 170 Å². The maximum Gasteiger partial charge on any atom is 0.233 e. The van der Waals surface area contributed by atoms with E-state index in [9.17, 15) is 13.5 Å². The molecule has 4 N–H and O–H groups in total. The van der Waals surface area contributed by atoms with Gasteiger partial charge in [-0.15, -0.1) is 0 Å². The molecule has 0 aliphatic carbocycles. The molecule has 0 radical (unpaired) electrons. The van der Waals surface area contributed by atoms with E-state index in [0.29, 0.717) is 54.9 Å². The molecule has 4 fully saturated rings. The third kappa shape index (κ3) is 3.18. The maximum atomic E-state index is 13.3. The van der Waals surface area contributed by atoms with Crippen molar-refractivity contribution in [2.45, 2.75) is 55.3 Å². The van der Waals surface area contributed by atoms with E-state index in [2.05, 4.69) is 36.4 Å². The van der Waals surface area contributed by atoms with Crippen molar-refractivity contribution >= 4 is 38.6 Å². The summed E-state index contributed by atoms with van der Waals surface area (Å²) in [5.41, 5.74) is 1.31. The molecule has 4 atom stereocenters. The van der Waals surface area contributed by atoms with Crippen molar-refractivity contribution in [2.24, 2.45) is 5.92 Å². The van der Waals surface area contributed by atoms with Crippen LogP contribution in [-0.4, -0.2) is 91.0 Å². The van der Waals surface area contributed by atoms with E-state index < -0.39 is 14.9 Å². The lowest BCUT2D eigenvalue weighted by Crippen LogP contribution is -2.85. The smallest absolute Gasteiger partial charge is 0.233 e. The van der Waals surface area contributed by atoms with Crippen molar-refractivity contribution < 1.29 is 13.5 Å². The van der Waals surface area contributed by atoms with Gasteiger partial charge in [-0.25, -0.2) is 8.42 Å². The number of anilines is 3. The summed E-state index contributed by atoms with van der Waals surface area (Å²) in [7, 11) is -1.43. The monoisotopic (exact) mass is 524 g/mol. The molecule has 2 unspecified atom stereocenters. The third-order valence-corrected chi connectivity index (χ3v) is 11.1. The van der Waals surface area contributed by atoms with Gasteiger partial charge in [-0.3, -0.25) is 10.00 Å². The summed E-state index contributed by atoms with van der Waals surface area (Å²) in [6.07, 6.45) is 4.79. The van der Waals surface area contributed by atoms with Crippen LogP contribution in [-0.2, 0) is 16.6 Å². The van der Waals surface area contributed by atoms with Crippen molar-refractivity contribution in [3.63, 3.8) is 0 Å².